The molecule has 1 fully saturated rings. The molecule has 2 heterocycles. The molecule has 1 N–H and O–H groups in total. The second kappa shape index (κ2) is 4.38. The van der Waals surface area contributed by atoms with Gasteiger partial charge in [0.1, 0.15) is 0 Å². The van der Waals surface area contributed by atoms with Crippen LogP contribution in [0.1, 0.15) is 24.3 Å². The van der Waals surface area contributed by atoms with E-state index in [0.29, 0.717) is 5.92 Å². The van der Waals surface area contributed by atoms with Crippen LogP contribution in [0.3, 0.4) is 0 Å². The fraction of sp³-hybridized carbons (Fsp3) is 0.538. The molecular formula is C13H16BrNO. The predicted molar refractivity (Wildman–Crippen MR) is 68.9 cm³/mol. The Morgan fingerprint density at radius 1 is 1.31 bits per heavy atom. The van der Waals surface area contributed by atoms with Gasteiger partial charge >= 0.3 is 0 Å². The number of rotatable bonds is 1. The van der Waals surface area contributed by atoms with Crippen molar-refractivity contribution in [2.75, 3.05) is 25.1 Å². The smallest absolute Gasteiger partial charge is 0.0500 e. The first kappa shape index (κ1) is 10.6. The Labute approximate surface area is 105 Å². The van der Waals surface area contributed by atoms with Crippen molar-refractivity contribution in [2.24, 2.45) is 5.92 Å². The molecule has 0 aliphatic carbocycles. The highest BCUT2D eigenvalue weighted by molar-refractivity contribution is 9.10. The molecule has 0 bridgehead atoms. The fourth-order valence-electron chi connectivity index (χ4n) is 2.88. The molecule has 0 radical (unpaired) electrons. The predicted octanol–water partition coefficient (Wildman–Crippen LogP) is 3.38. The Kier molecular flexibility index (Phi) is 2.90. The maximum atomic E-state index is 5.52. The van der Waals surface area contributed by atoms with Crippen LogP contribution in [-0.4, -0.2) is 19.8 Å². The van der Waals surface area contributed by atoms with Crippen molar-refractivity contribution in [1.29, 1.82) is 0 Å². The van der Waals surface area contributed by atoms with E-state index in [0.717, 1.165) is 30.1 Å². The van der Waals surface area contributed by atoms with E-state index in [1.54, 1.807) is 0 Å². The topological polar surface area (TPSA) is 21.3 Å². The van der Waals surface area contributed by atoms with E-state index in [4.69, 9.17) is 4.74 Å². The van der Waals surface area contributed by atoms with Gasteiger partial charge < -0.3 is 10.1 Å². The molecule has 3 heteroatoms. The Hall–Kier alpha value is -0.540. The lowest BCUT2D eigenvalue weighted by atomic mass is 9.80. The van der Waals surface area contributed by atoms with Crippen molar-refractivity contribution in [2.45, 2.75) is 18.8 Å². The van der Waals surface area contributed by atoms with Crippen LogP contribution in [0.5, 0.6) is 0 Å². The summed E-state index contributed by atoms with van der Waals surface area (Å²) in [6, 6.07) is 6.60. The fourth-order valence-corrected chi connectivity index (χ4v) is 3.24. The number of ether oxygens (including phenoxy) is 1. The molecule has 0 amide bonds. The van der Waals surface area contributed by atoms with E-state index < -0.39 is 0 Å². The van der Waals surface area contributed by atoms with Crippen LogP contribution >= 0.6 is 15.9 Å². The number of anilines is 1. The van der Waals surface area contributed by atoms with Gasteiger partial charge in [0.05, 0.1) is 6.61 Å². The summed E-state index contributed by atoms with van der Waals surface area (Å²) in [6.07, 6.45) is 2.46. The summed E-state index contributed by atoms with van der Waals surface area (Å²) in [5.74, 6) is 1.41. The van der Waals surface area contributed by atoms with Gasteiger partial charge in [-0.25, -0.2) is 0 Å². The summed E-state index contributed by atoms with van der Waals surface area (Å²) in [5, 5.41) is 3.49. The Morgan fingerprint density at radius 3 is 3.06 bits per heavy atom. The zero-order chi connectivity index (χ0) is 11.0. The van der Waals surface area contributed by atoms with Gasteiger partial charge in [0.25, 0.3) is 0 Å². The van der Waals surface area contributed by atoms with Crippen LogP contribution in [0.15, 0.2) is 22.7 Å². The zero-order valence-electron chi connectivity index (χ0n) is 9.21. The largest absolute Gasteiger partial charge is 0.385 e. The average Bonchev–Trinajstić information content (AvgIpc) is 2.81. The monoisotopic (exact) mass is 281 g/mol. The lowest BCUT2D eigenvalue weighted by molar-refractivity contribution is 0.179. The lowest BCUT2D eigenvalue weighted by Crippen LogP contribution is -2.23. The summed E-state index contributed by atoms with van der Waals surface area (Å²) in [6.45, 7) is 2.98. The molecule has 1 aromatic carbocycles. The lowest BCUT2D eigenvalue weighted by Gasteiger charge is -2.30. The molecule has 1 saturated heterocycles. The highest BCUT2D eigenvalue weighted by atomic mass is 79.9. The van der Waals surface area contributed by atoms with Crippen LogP contribution in [0.2, 0.25) is 0 Å². The first-order chi connectivity index (χ1) is 7.84. The molecule has 3 rings (SSSR count). The van der Waals surface area contributed by atoms with E-state index in [9.17, 15) is 0 Å². The number of nitrogens with one attached hydrogen (secondary N) is 1. The van der Waals surface area contributed by atoms with Crippen molar-refractivity contribution in [3.63, 3.8) is 0 Å². The molecule has 2 unspecified atom stereocenters. The van der Waals surface area contributed by atoms with Crippen LogP contribution in [0.4, 0.5) is 5.69 Å². The van der Waals surface area contributed by atoms with Crippen molar-refractivity contribution in [3.05, 3.63) is 28.2 Å². The standard InChI is InChI=1S/C13H16BrNO/c14-10-1-2-12-11(9-4-6-16-8-9)3-5-15-13(12)7-10/h1-2,7,9,11,15H,3-6,8H2. The number of fused-ring (bicyclic) bond motifs is 1. The van der Waals surface area contributed by atoms with Crippen LogP contribution in [0.25, 0.3) is 0 Å². The average molecular weight is 282 g/mol. The molecule has 0 saturated carbocycles. The molecule has 2 nitrogen and oxygen atoms in total. The molecule has 0 aromatic heterocycles. The second-order valence-corrected chi connectivity index (χ2v) is 5.59. The molecule has 2 aliphatic rings. The summed E-state index contributed by atoms with van der Waals surface area (Å²) in [5.41, 5.74) is 2.78. The number of halogens is 1. The van der Waals surface area contributed by atoms with Gasteiger partial charge in [0, 0.05) is 23.3 Å². The zero-order valence-corrected chi connectivity index (χ0v) is 10.8. The first-order valence-electron chi connectivity index (χ1n) is 5.95. The van der Waals surface area contributed by atoms with E-state index in [2.05, 4.69) is 39.4 Å². The molecule has 0 spiro atoms. The Bertz CT molecular complexity index is 388. The van der Waals surface area contributed by atoms with Crippen molar-refractivity contribution < 1.29 is 4.74 Å². The Morgan fingerprint density at radius 2 is 2.25 bits per heavy atom. The number of hydrogen-bond donors (Lipinski definition) is 1. The van der Waals surface area contributed by atoms with E-state index in [-0.39, 0.29) is 0 Å². The van der Waals surface area contributed by atoms with Gasteiger partial charge in [0.15, 0.2) is 0 Å². The van der Waals surface area contributed by atoms with Gasteiger partial charge in [-0.1, -0.05) is 22.0 Å². The SMILES string of the molecule is Brc1ccc2c(c1)NCCC2C1CCOC1. The van der Waals surface area contributed by atoms with Gasteiger partial charge in [-0.2, -0.15) is 0 Å². The van der Waals surface area contributed by atoms with Crippen molar-refractivity contribution in [1.82, 2.24) is 0 Å². The van der Waals surface area contributed by atoms with Gasteiger partial charge in [-0.3, -0.25) is 0 Å². The van der Waals surface area contributed by atoms with Crippen molar-refractivity contribution >= 4 is 21.6 Å². The third kappa shape index (κ3) is 1.87. The normalized spacial score (nSPS) is 28.6. The molecule has 2 atom stereocenters. The minimum absolute atomic E-state index is 0.687. The minimum Gasteiger partial charge on any atom is -0.385 e. The van der Waals surface area contributed by atoms with E-state index in [1.807, 2.05) is 0 Å². The number of hydrogen-bond acceptors (Lipinski definition) is 2. The van der Waals surface area contributed by atoms with E-state index in [1.165, 1.54) is 24.1 Å². The molecule has 16 heavy (non-hydrogen) atoms. The molecule has 86 valence electrons. The highest BCUT2D eigenvalue weighted by Crippen LogP contribution is 2.40. The summed E-state index contributed by atoms with van der Waals surface area (Å²) in [4.78, 5) is 0. The van der Waals surface area contributed by atoms with Gasteiger partial charge in [0.2, 0.25) is 0 Å². The highest BCUT2D eigenvalue weighted by Gasteiger charge is 2.30. The van der Waals surface area contributed by atoms with Crippen molar-refractivity contribution in [3.8, 4) is 0 Å². The molecule has 1 aromatic rings. The van der Waals surface area contributed by atoms with Crippen LogP contribution in [0, 0.1) is 5.92 Å². The third-order valence-corrected chi connectivity index (χ3v) is 4.21. The van der Waals surface area contributed by atoms with E-state index >= 15 is 0 Å². The third-order valence-electron chi connectivity index (χ3n) is 3.72. The maximum Gasteiger partial charge on any atom is 0.0500 e. The second-order valence-electron chi connectivity index (χ2n) is 4.68. The van der Waals surface area contributed by atoms with Gasteiger partial charge in [-0.05, 0) is 42.4 Å². The van der Waals surface area contributed by atoms with Crippen LogP contribution < -0.4 is 5.32 Å². The molecule has 2 aliphatic heterocycles. The van der Waals surface area contributed by atoms with Crippen LogP contribution in [-0.2, 0) is 4.74 Å². The Balaban J connectivity index is 1.93. The van der Waals surface area contributed by atoms with Gasteiger partial charge in [-0.15, -0.1) is 0 Å². The first-order valence-corrected chi connectivity index (χ1v) is 6.75. The quantitative estimate of drug-likeness (QED) is 0.852. The number of benzene rings is 1. The maximum absolute atomic E-state index is 5.52. The summed E-state index contributed by atoms with van der Waals surface area (Å²) >= 11 is 3.53. The summed E-state index contributed by atoms with van der Waals surface area (Å²) in [7, 11) is 0. The summed E-state index contributed by atoms with van der Waals surface area (Å²) < 4.78 is 6.67. The molecular weight excluding hydrogens is 266 g/mol. The minimum atomic E-state index is 0.687.